The monoisotopic (exact) mass is 211 g/mol. The van der Waals surface area contributed by atoms with Crippen LogP contribution in [0.15, 0.2) is 0 Å². The van der Waals surface area contributed by atoms with E-state index in [0.717, 1.165) is 9.91 Å². The van der Waals surface area contributed by atoms with Crippen molar-refractivity contribution in [3.8, 4) is 0 Å². The number of carbonyl (C=O) groups is 2. The van der Waals surface area contributed by atoms with Crippen LogP contribution in [0.5, 0.6) is 0 Å². The van der Waals surface area contributed by atoms with E-state index in [4.69, 9.17) is 0 Å². The molecule has 2 amide bonds. The average molecular weight is 211 g/mol. The third-order valence-corrected chi connectivity index (χ3v) is 2.81. The van der Waals surface area contributed by atoms with Crippen molar-refractivity contribution in [1.29, 1.82) is 0 Å². The van der Waals surface area contributed by atoms with Crippen molar-refractivity contribution in [1.82, 2.24) is 10.2 Å². The highest BCUT2D eigenvalue weighted by Gasteiger charge is 2.29. The van der Waals surface area contributed by atoms with Crippen molar-refractivity contribution < 1.29 is 9.59 Å². The molecule has 0 N–H and O–H groups in total. The van der Waals surface area contributed by atoms with Gasteiger partial charge >= 0.3 is 0 Å². The minimum Gasteiger partial charge on any atom is -0.274 e. The molecule has 1 aromatic rings. The highest BCUT2D eigenvalue weighted by atomic mass is 32.1. The number of carbonyl (C=O) groups excluding carboxylic acids is 2. The number of aryl methyl sites for hydroxylation is 1. The Bertz CT molecular complexity index is 372. The number of imide groups is 1. The van der Waals surface area contributed by atoms with Crippen LogP contribution in [0.1, 0.15) is 24.3 Å². The van der Waals surface area contributed by atoms with E-state index in [1.165, 1.54) is 11.3 Å². The highest BCUT2D eigenvalue weighted by molar-refractivity contribution is 7.15. The molecule has 74 valence electrons. The molecule has 1 aromatic heterocycles. The van der Waals surface area contributed by atoms with Crippen molar-refractivity contribution in [3.05, 3.63) is 5.01 Å². The first-order valence-corrected chi connectivity index (χ1v) is 5.16. The lowest BCUT2D eigenvalue weighted by molar-refractivity contribution is -0.129. The fraction of sp³-hybridized carbons (Fsp3) is 0.500. The van der Waals surface area contributed by atoms with Crippen LogP contribution in [-0.2, 0) is 9.59 Å². The van der Waals surface area contributed by atoms with Gasteiger partial charge in [-0.3, -0.25) is 9.59 Å². The van der Waals surface area contributed by atoms with E-state index < -0.39 is 0 Å². The number of amides is 2. The third-order valence-electron chi connectivity index (χ3n) is 1.99. The largest absolute Gasteiger partial charge is 0.274 e. The normalized spacial score (nSPS) is 17.6. The molecular weight excluding hydrogens is 202 g/mol. The number of anilines is 1. The summed E-state index contributed by atoms with van der Waals surface area (Å²) in [6.07, 6.45) is 1.49. The summed E-state index contributed by atoms with van der Waals surface area (Å²) < 4.78 is 0. The maximum atomic E-state index is 11.5. The smallest absolute Gasteiger partial charge is 0.235 e. The van der Waals surface area contributed by atoms with E-state index >= 15 is 0 Å². The van der Waals surface area contributed by atoms with Crippen LogP contribution in [0.2, 0.25) is 0 Å². The van der Waals surface area contributed by atoms with Gasteiger partial charge < -0.3 is 0 Å². The molecule has 6 heteroatoms. The summed E-state index contributed by atoms with van der Waals surface area (Å²) in [6, 6.07) is 0. The Hall–Kier alpha value is -1.30. The molecule has 0 saturated carbocycles. The molecule has 1 aliphatic rings. The second-order valence-corrected chi connectivity index (χ2v) is 4.24. The van der Waals surface area contributed by atoms with Gasteiger partial charge in [0.1, 0.15) is 5.01 Å². The van der Waals surface area contributed by atoms with Crippen molar-refractivity contribution in [2.24, 2.45) is 0 Å². The summed E-state index contributed by atoms with van der Waals surface area (Å²) in [7, 11) is 0. The molecule has 0 radical (unpaired) electrons. The third kappa shape index (κ3) is 1.52. The van der Waals surface area contributed by atoms with Gasteiger partial charge in [-0.15, -0.1) is 10.2 Å². The molecule has 0 bridgehead atoms. The molecule has 0 unspecified atom stereocenters. The molecule has 2 heterocycles. The number of nitrogens with zero attached hydrogens (tertiary/aromatic N) is 3. The van der Waals surface area contributed by atoms with Gasteiger partial charge in [-0.2, -0.15) is 0 Å². The van der Waals surface area contributed by atoms with Crippen LogP contribution >= 0.6 is 11.3 Å². The molecule has 1 saturated heterocycles. The Morgan fingerprint density at radius 2 is 1.86 bits per heavy atom. The van der Waals surface area contributed by atoms with E-state index in [0.29, 0.717) is 24.4 Å². The van der Waals surface area contributed by atoms with E-state index in [-0.39, 0.29) is 11.8 Å². The van der Waals surface area contributed by atoms with Crippen LogP contribution in [-0.4, -0.2) is 22.0 Å². The van der Waals surface area contributed by atoms with Gasteiger partial charge in [0, 0.05) is 12.8 Å². The lowest BCUT2D eigenvalue weighted by Crippen LogP contribution is -2.40. The Morgan fingerprint density at radius 3 is 2.36 bits per heavy atom. The van der Waals surface area contributed by atoms with Crippen LogP contribution < -0.4 is 4.90 Å². The molecule has 0 aromatic carbocycles. The van der Waals surface area contributed by atoms with Crippen molar-refractivity contribution in [2.75, 3.05) is 4.90 Å². The maximum absolute atomic E-state index is 11.5. The molecular formula is C8H9N3O2S. The molecule has 14 heavy (non-hydrogen) atoms. The summed E-state index contributed by atoms with van der Waals surface area (Å²) in [4.78, 5) is 24.1. The number of aromatic nitrogens is 2. The minimum atomic E-state index is -0.169. The van der Waals surface area contributed by atoms with E-state index in [1.54, 1.807) is 6.92 Å². The number of hydrogen-bond acceptors (Lipinski definition) is 5. The summed E-state index contributed by atoms with van der Waals surface area (Å²) in [5.41, 5.74) is 0. The van der Waals surface area contributed by atoms with Crippen molar-refractivity contribution in [3.63, 3.8) is 0 Å². The zero-order valence-electron chi connectivity index (χ0n) is 7.69. The van der Waals surface area contributed by atoms with Gasteiger partial charge in [0.2, 0.25) is 16.9 Å². The van der Waals surface area contributed by atoms with Gasteiger partial charge in [0.05, 0.1) is 0 Å². The fourth-order valence-corrected chi connectivity index (χ4v) is 2.07. The molecule has 0 atom stereocenters. The lowest BCUT2D eigenvalue weighted by Gasteiger charge is -2.21. The van der Waals surface area contributed by atoms with Gasteiger partial charge in [-0.05, 0) is 13.3 Å². The number of hydrogen-bond donors (Lipinski definition) is 0. The summed E-state index contributed by atoms with van der Waals surface area (Å²) in [5.74, 6) is -0.338. The Kier molecular flexibility index (Phi) is 2.28. The van der Waals surface area contributed by atoms with Crippen molar-refractivity contribution >= 4 is 28.3 Å². The summed E-state index contributed by atoms with van der Waals surface area (Å²) in [5, 5.41) is 8.73. The first-order chi connectivity index (χ1) is 6.68. The second-order valence-electron chi connectivity index (χ2n) is 3.08. The zero-order valence-corrected chi connectivity index (χ0v) is 8.50. The van der Waals surface area contributed by atoms with E-state index in [9.17, 15) is 9.59 Å². The first kappa shape index (κ1) is 9.26. The van der Waals surface area contributed by atoms with Gasteiger partial charge in [-0.25, -0.2) is 4.90 Å². The van der Waals surface area contributed by atoms with Gasteiger partial charge in [-0.1, -0.05) is 11.3 Å². The minimum absolute atomic E-state index is 0.169. The van der Waals surface area contributed by atoms with Crippen LogP contribution in [0.4, 0.5) is 5.13 Å². The molecule has 1 fully saturated rings. The van der Waals surface area contributed by atoms with E-state index in [1.807, 2.05) is 0 Å². The van der Waals surface area contributed by atoms with Gasteiger partial charge in [0.25, 0.3) is 0 Å². The molecule has 0 aliphatic carbocycles. The fourth-order valence-electron chi connectivity index (χ4n) is 1.34. The molecule has 1 aliphatic heterocycles. The zero-order chi connectivity index (χ0) is 10.1. The Balaban J connectivity index is 2.31. The van der Waals surface area contributed by atoms with E-state index in [2.05, 4.69) is 10.2 Å². The Labute approximate surface area is 84.7 Å². The topological polar surface area (TPSA) is 63.2 Å². The second kappa shape index (κ2) is 3.45. The molecule has 2 rings (SSSR count). The van der Waals surface area contributed by atoms with Crippen LogP contribution in [0.3, 0.4) is 0 Å². The number of rotatable bonds is 1. The number of piperidine rings is 1. The highest BCUT2D eigenvalue weighted by Crippen LogP contribution is 2.24. The quantitative estimate of drug-likeness (QED) is 0.647. The summed E-state index contributed by atoms with van der Waals surface area (Å²) >= 11 is 1.26. The predicted molar refractivity (Wildman–Crippen MR) is 51.0 cm³/mol. The molecule has 5 nitrogen and oxygen atoms in total. The lowest BCUT2D eigenvalue weighted by atomic mass is 10.1. The van der Waals surface area contributed by atoms with Crippen LogP contribution in [0, 0.1) is 6.92 Å². The maximum Gasteiger partial charge on any atom is 0.235 e. The average Bonchev–Trinajstić information content (AvgIpc) is 2.51. The predicted octanol–water partition coefficient (Wildman–Crippen LogP) is 0.890. The van der Waals surface area contributed by atoms with Gasteiger partial charge in [0.15, 0.2) is 0 Å². The Morgan fingerprint density at radius 1 is 1.21 bits per heavy atom. The first-order valence-electron chi connectivity index (χ1n) is 4.34. The van der Waals surface area contributed by atoms with Crippen LogP contribution in [0.25, 0.3) is 0 Å². The molecule has 0 spiro atoms. The summed E-state index contributed by atoms with van der Waals surface area (Å²) in [6.45, 7) is 1.79. The standard InChI is InChI=1S/C8H9N3O2S/c1-5-9-10-8(14-5)11-6(12)3-2-4-7(11)13/h2-4H2,1H3. The SMILES string of the molecule is Cc1nnc(N2C(=O)CCCC2=O)s1. The van der Waals surface area contributed by atoms with Crippen molar-refractivity contribution in [2.45, 2.75) is 26.2 Å².